The van der Waals surface area contributed by atoms with Gasteiger partial charge < -0.3 is 24.0 Å². The van der Waals surface area contributed by atoms with Crippen LogP contribution < -0.4 is 4.90 Å². The number of esters is 1. The van der Waals surface area contributed by atoms with Gasteiger partial charge in [-0.2, -0.15) is 0 Å². The maximum atomic E-state index is 12.1. The molecule has 0 spiro atoms. The number of unbranched alkanes of at least 4 members (excludes halogenated alkanes) is 1. The van der Waals surface area contributed by atoms with Gasteiger partial charge in [0.05, 0.1) is 41.8 Å². The first-order valence-corrected chi connectivity index (χ1v) is 13.9. The van der Waals surface area contributed by atoms with E-state index in [9.17, 15) is 9.59 Å². The van der Waals surface area contributed by atoms with E-state index in [0.717, 1.165) is 56.8 Å². The van der Waals surface area contributed by atoms with Crippen LogP contribution in [0.3, 0.4) is 0 Å². The Morgan fingerprint density at radius 3 is 2.74 bits per heavy atom. The van der Waals surface area contributed by atoms with E-state index in [1.807, 2.05) is 23.1 Å². The number of carbonyl (C=O) groups excluding carboxylic acids is 2. The molecular weight excluding hydrogens is 529 g/mol. The third-order valence-corrected chi connectivity index (χ3v) is 7.62. The second-order valence-electron chi connectivity index (χ2n) is 9.47. The molecule has 0 N–H and O–H groups in total. The Hall–Kier alpha value is -2.68. The summed E-state index contributed by atoms with van der Waals surface area (Å²) in [5.74, 6) is 0.409. The van der Waals surface area contributed by atoms with Crippen LogP contribution in [0.25, 0.3) is 0 Å². The molecule has 2 aliphatic heterocycles. The highest BCUT2D eigenvalue weighted by Gasteiger charge is 2.28. The summed E-state index contributed by atoms with van der Waals surface area (Å²) < 4.78 is 17.0. The molecule has 1 saturated heterocycles. The van der Waals surface area contributed by atoms with Gasteiger partial charge in [0.2, 0.25) is 0 Å². The normalized spacial score (nSPS) is 20.1. The third kappa shape index (κ3) is 7.68. The monoisotopic (exact) mass is 563 g/mol. The summed E-state index contributed by atoms with van der Waals surface area (Å²) in [6.45, 7) is 8.03. The Kier molecular flexibility index (Phi) is 10.4. The lowest BCUT2D eigenvalue weighted by molar-refractivity contribution is -0.144. The van der Waals surface area contributed by atoms with Gasteiger partial charge in [0.25, 0.3) is 0 Å². The predicted octanol–water partition coefficient (Wildman–Crippen LogP) is 4.43. The number of ketones is 1. The smallest absolute Gasteiger partial charge is 0.325 e. The van der Waals surface area contributed by atoms with Gasteiger partial charge in [-0.05, 0) is 50.6 Å². The van der Waals surface area contributed by atoms with E-state index in [0.29, 0.717) is 35.6 Å². The topological polar surface area (TPSA) is 71.6 Å². The summed E-state index contributed by atoms with van der Waals surface area (Å²) in [6.07, 6.45) is 8.37. The highest BCUT2D eigenvalue weighted by molar-refractivity contribution is 6.43. The lowest BCUT2D eigenvalue weighted by Crippen LogP contribution is -2.46. The molecule has 1 atom stereocenters. The molecular formula is C28H35Cl2N3O5. The minimum atomic E-state index is -0.359. The van der Waals surface area contributed by atoms with E-state index in [2.05, 4.69) is 9.80 Å². The van der Waals surface area contributed by atoms with E-state index in [1.165, 1.54) is 0 Å². The zero-order chi connectivity index (χ0) is 26.9. The van der Waals surface area contributed by atoms with Gasteiger partial charge in [-0.15, -0.1) is 0 Å². The van der Waals surface area contributed by atoms with E-state index in [1.54, 1.807) is 31.5 Å². The maximum Gasteiger partial charge on any atom is 0.325 e. The first kappa shape index (κ1) is 28.3. The molecule has 3 aliphatic rings. The molecule has 0 bridgehead atoms. The average molecular weight is 565 g/mol. The van der Waals surface area contributed by atoms with Crippen molar-refractivity contribution < 1.29 is 23.8 Å². The van der Waals surface area contributed by atoms with Crippen LogP contribution in [0, 0.1) is 0 Å². The molecule has 1 fully saturated rings. The Labute approximate surface area is 234 Å². The van der Waals surface area contributed by atoms with Crippen LogP contribution in [0.1, 0.15) is 26.2 Å². The van der Waals surface area contributed by atoms with Gasteiger partial charge in [0.15, 0.2) is 5.78 Å². The number of hydrogen-bond donors (Lipinski definition) is 0. The SMILES string of the molecule is CCOC(=O)CN1C=COC(C2=C(OCCCCN3CCN(c4cccc(Cl)c4Cl)CC3)C=CC(=O)C2)C1. The summed E-state index contributed by atoms with van der Waals surface area (Å²) in [6, 6.07) is 5.76. The van der Waals surface area contributed by atoms with Crippen molar-refractivity contribution in [2.24, 2.45) is 0 Å². The van der Waals surface area contributed by atoms with Gasteiger partial charge in [0, 0.05) is 44.4 Å². The number of ether oxygens (including phenoxy) is 3. The molecule has 0 radical (unpaired) electrons. The van der Waals surface area contributed by atoms with Crippen molar-refractivity contribution in [3.05, 3.63) is 64.2 Å². The van der Waals surface area contributed by atoms with E-state index >= 15 is 0 Å². The number of benzene rings is 1. The fourth-order valence-electron chi connectivity index (χ4n) is 4.81. The summed E-state index contributed by atoms with van der Waals surface area (Å²) in [7, 11) is 0. The zero-order valence-electron chi connectivity index (χ0n) is 21.7. The summed E-state index contributed by atoms with van der Waals surface area (Å²) in [4.78, 5) is 30.6. The summed E-state index contributed by atoms with van der Waals surface area (Å²) >= 11 is 12.6. The lowest BCUT2D eigenvalue weighted by atomic mass is 9.96. The summed E-state index contributed by atoms with van der Waals surface area (Å²) in [5, 5.41) is 1.20. The quantitative estimate of drug-likeness (QED) is 0.289. The van der Waals surface area contributed by atoms with Crippen molar-refractivity contribution in [3.63, 3.8) is 0 Å². The van der Waals surface area contributed by atoms with Crippen LogP contribution in [0.5, 0.6) is 0 Å². The molecule has 8 nitrogen and oxygen atoms in total. The van der Waals surface area contributed by atoms with Gasteiger partial charge >= 0.3 is 5.97 Å². The molecule has 10 heteroatoms. The standard InChI is InChI=1S/C28H35Cl2N3O5/c1-2-36-27(35)20-32-15-17-38-26(19-32)22-18-21(34)8-9-25(22)37-16-4-3-10-31-11-13-33(14-12-31)24-7-5-6-23(29)28(24)30/h5-9,15,17,26H,2-4,10-14,16,18-20H2,1H3. The Bertz CT molecular complexity index is 1080. The van der Waals surface area contributed by atoms with Gasteiger partial charge in [-0.3, -0.25) is 14.5 Å². The largest absolute Gasteiger partial charge is 0.493 e. The van der Waals surface area contributed by atoms with Gasteiger partial charge in [-0.25, -0.2) is 0 Å². The highest BCUT2D eigenvalue weighted by atomic mass is 35.5. The number of anilines is 1. The van der Waals surface area contributed by atoms with Crippen molar-refractivity contribution in [1.82, 2.24) is 9.80 Å². The molecule has 206 valence electrons. The fourth-order valence-corrected chi connectivity index (χ4v) is 5.22. The highest BCUT2D eigenvalue weighted by Crippen LogP contribution is 2.33. The molecule has 1 aromatic carbocycles. The van der Waals surface area contributed by atoms with Crippen molar-refractivity contribution in [1.29, 1.82) is 0 Å². The lowest BCUT2D eigenvalue weighted by Gasteiger charge is -2.36. The second-order valence-corrected chi connectivity index (χ2v) is 10.3. The van der Waals surface area contributed by atoms with Crippen LogP contribution in [-0.2, 0) is 23.8 Å². The molecule has 4 rings (SSSR count). The number of halogens is 2. The average Bonchev–Trinajstić information content (AvgIpc) is 2.91. The molecule has 1 unspecified atom stereocenters. The first-order chi connectivity index (χ1) is 18.4. The molecule has 0 aromatic heterocycles. The molecule has 1 aromatic rings. The van der Waals surface area contributed by atoms with Gasteiger partial charge in [0.1, 0.15) is 18.4 Å². The number of rotatable bonds is 11. The minimum absolute atomic E-state index is 0.0145. The van der Waals surface area contributed by atoms with Crippen LogP contribution in [0.15, 0.2) is 54.1 Å². The number of nitrogens with zero attached hydrogens (tertiary/aromatic N) is 3. The predicted molar refractivity (Wildman–Crippen MR) is 148 cm³/mol. The van der Waals surface area contributed by atoms with E-state index in [-0.39, 0.29) is 30.8 Å². The Balaban J connectivity index is 1.21. The molecule has 38 heavy (non-hydrogen) atoms. The fraction of sp³-hybridized carbons (Fsp3) is 0.500. The third-order valence-electron chi connectivity index (χ3n) is 6.81. The Morgan fingerprint density at radius 2 is 1.95 bits per heavy atom. The minimum Gasteiger partial charge on any atom is -0.493 e. The van der Waals surface area contributed by atoms with Crippen molar-refractivity contribution in [2.45, 2.75) is 32.3 Å². The molecule has 2 heterocycles. The van der Waals surface area contributed by atoms with E-state index < -0.39 is 0 Å². The van der Waals surface area contributed by atoms with Gasteiger partial charge in [-0.1, -0.05) is 29.3 Å². The number of carbonyl (C=O) groups is 2. The second kappa shape index (κ2) is 13.9. The zero-order valence-corrected chi connectivity index (χ0v) is 23.3. The number of hydrogen-bond acceptors (Lipinski definition) is 8. The molecule has 1 aliphatic carbocycles. The van der Waals surface area contributed by atoms with Crippen molar-refractivity contribution in [2.75, 3.05) is 63.9 Å². The Morgan fingerprint density at radius 1 is 1.13 bits per heavy atom. The van der Waals surface area contributed by atoms with Crippen LogP contribution in [0.4, 0.5) is 5.69 Å². The molecule has 0 amide bonds. The van der Waals surface area contributed by atoms with Crippen LogP contribution in [-0.4, -0.2) is 86.7 Å². The number of piperazine rings is 1. The first-order valence-electron chi connectivity index (χ1n) is 13.1. The van der Waals surface area contributed by atoms with Crippen molar-refractivity contribution in [3.8, 4) is 0 Å². The van der Waals surface area contributed by atoms with Crippen LogP contribution in [0.2, 0.25) is 10.0 Å². The number of allylic oxidation sites excluding steroid dienone is 2. The van der Waals surface area contributed by atoms with Crippen molar-refractivity contribution >= 4 is 40.6 Å². The van der Waals surface area contributed by atoms with E-state index in [4.69, 9.17) is 37.4 Å². The maximum absolute atomic E-state index is 12.1. The summed E-state index contributed by atoms with van der Waals surface area (Å²) in [5.41, 5.74) is 1.81. The molecule has 0 saturated carbocycles. The van der Waals surface area contributed by atoms with Crippen LogP contribution >= 0.6 is 23.2 Å².